The van der Waals surface area contributed by atoms with E-state index in [1.54, 1.807) is 20.8 Å². The van der Waals surface area contributed by atoms with E-state index in [-0.39, 0.29) is 5.92 Å². The third-order valence-corrected chi connectivity index (χ3v) is 3.22. The third kappa shape index (κ3) is 3.26. The van der Waals surface area contributed by atoms with Crippen molar-refractivity contribution in [1.82, 2.24) is 10.3 Å². The molecule has 1 aromatic heterocycles. The molecule has 0 fully saturated rings. The Morgan fingerprint density at radius 2 is 1.94 bits per heavy atom. The van der Waals surface area contributed by atoms with Gasteiger partial charge in [0, 0.05) is 4.88 Å². The number of hydrogen-bond donors (Lipinski definition) is 2. The number of thiazole rings is 1. The molecule has 94 valence electrons. The second-order valence-electron chi connectivity index (χ2n) is 4.17. The lowest BCUT2D eigenvalue weighted by molar-refractivity contribution is -0.140. The van der Waals surface area contributed by atoms with E-state index in [9.17, 15) is 9.59 Å². The zero-order valence-corrected chi connectivity index (χ0v) is 11.1. The highest BCUT2D eigenvalue weighted by Gasteiger charge is 2.25. The fourth-order valence-corrected chi connectivity index (χ4v) is 2.28. The molecule has 0 aromatic carbocycles. The Morgan fingerprint density at radius 1 is 1.35 bits per heavy atom. The van der Waals surface area contributed by atoms with Crippen LogP contribution in [0.3, 0.4) is 0 Å². The van der Waals surface area contributed by atoms with Crippen LogP contribution in [0.4, 0.5) is 0 Å². The normalized spacial score (nSPS) is 12.5. The van der Waals surface area contributed by atoms with Crippen molar-refractivity contribution in [2.24, 2.45) is 5.92 Å². The molecule has 1 unspecified atom stereocenters. The predicted molar refractivity (Wildman–Crippen MR) is 65.3 cm³/mol. The number of aliphatic carboxylic acids is 1. The van der Waals surface area contributed by atoms with E-state index in [2.05, 4.69) is 10.3 Å². The number of nitrogens with zero attached hydrogens (tertiary/aromatic N) is 1. The number of carbonyl (C=O) groups excluding carboxylic acids is 1. The Kier molecular flexibility index (Phi) is 4.22. The summed E-state index contributed by atoms with van der Waals surface area (Å²) in [5.74, 6) is -1.62. The molecule has 1 aromatic rings. The van der Waals surface area contributed by atoms with Crippen molar-refractivity contribution in [2.45, 2.75) is 33.7 Å². The first kappa shape index (κ1) is 13.6. The molecule has 0 radical (unpaired) electrons. The van der Waals surface area contributed by atoms with Gasteiger partial charge in [0.05, 0.1) is 5.01 Å². The van der Waals surface area contributed by atoms with Crippen LogP contribution < -0.4 is 5.32 Å². The highest BCUT2D eigenvalue weighted by molar-refractivity contribution is 7.11. The molecule has 0 saturated carbocycles. The van der Waals surface area contributed by atoms with Gasteiger partial charge in [-0.15, -0.1) is 11.3 Å². The molecule has 0 spiro atoms. The summed E-state index contributed by atoms with van der Waals surface area (Å²) >= 11 is 1.42. The van der Waals surface area contributed by atoms with Gasteiger partial charge in [0.1, 0.15) is 11.7 Å². The minimum Gasteiger partial charge on any atom is -0.480 e. The van der Waals surface area contributed by atoms with Crippen molar-refractivity contribution in [1.29, 1.82) is 0 Å². The fraction of sp³-hybridized carbons (Fsp3) is 0.545. The first-order chi connectivity index (χ1) is 7.82. The average molecular weight is 256 g/mol. The standard InChI is InChI=1S/C11H16N2O3S/c1-5(2)8(11(15)16)13-10(14)9-6(3)17-7(4)12-9/h5,8H,1-4H3,(H,13,14)(H,15,16). The summed E-state index contributed by atoms with van der Waals surface area (Å²) in [6, 6.07) is -0.885. The number of carboxylic acid groups (broad SMARTS) is 1. The molecule has 1 rings (SSSR count). The first-order valence-corrected chi connectivity index (χ1v) is 6.12. The van der Waals surface area contributed by atoms with E-state index in [0.29, 0.717) is 5.69 Å². The molecule has 2 N–H and O–H groups in total. The van der Waals surface area contributed by atoms with Gasteiger partial charge in [0.15, 0.2) is 0 Å². The molecule has 5 nitrogen and oxygen atoms in total. The van der Waals surface area contributed by atoms with Crippen LogP contribution in [0.1, 0.15) is 34.2 Å². The lowest BCUT2D eigenvalue weighted by atomic mass is 10.0. The number of carbonyl (C=O) groups is 2. The molecule has 1 heterocycles. The van der Waals surface area contributed by atoms with Gasteiger partial charge in [-0.3, -0.25) is 4.79 Å². The van der Waals surface area contributed by atoms with Gasteiger partial charge in [0.2, 0.25) is 0 Å². The van der Waals surface area contributed by atoms with Gasteiger partial charge in [-0.1, -0.05) is 13.8 Å². The van der Waals surface area contributed by atoms with Crippen molar-refractivity contribution in [3.63, 3.8) is 0 Å². The molecule has 1 amide bonds. The number of aryl methyl sites for hydroxylation is 2. The van der Waals surface area contributed by atoms with Crippen LogP contribution in [-0.2, 0) is 4.79 Å². The quantitative estimate of drug-likeness (QED) is 0.857. The zero-order chi connectivity index (χ0) is 13.2. The minimum absolute atomic E-state index is 0.170. The van der Waals surface area contributed by atoms with Gasteiger partial charge in [0.25, 0.3) is 5.91 Å². The van der Waals surface area contributed by atoms with Gasteiger partial charge < -0.3 is 10.4 Å². The Morgan fingerprint density at radius 3 is 2.29 bits per heavy atom. The maximum absolute atomic E-state index is 11.9. The van der Waals surface area contributed by atoms with Crippen molar-refractivity contribution < 1.29 is 14.7 Å². The second-order valence-corrected chi connectivity index (χ2v) is 5.58. The Bertz CT molecular complexity index is 440. The van der Waals surface area contributed by atoms with Gasteiger partial charge in [-0.05, 0) is 19.8 Å². The van der Waals surface area contributed by atoms with E-state index < -0.39 is 17.9 Å². The minimum atomic E-state index is -1.03. The predicted octanol–water partition coefficient (Wildman–Crippen LogP) is 1.60. The first-order valence-electron chi connectivity index (χ1n) is 5.30. The number of rotatable bonds is 4. The maximum Gasteiger partial charge on any atom is 0.326 e. The van der Waals surface area contributed by atoms with Crippen LogP contribution in [0.5, 0.6) is 0 Å². The maximum atomic E-state index is 11.9. The van der Waals surface area contributed by atoms with Crippen LogP contribution >= 0.6 is 11.3 Å². The number of amides is 1. The van der Waals surface area contributed by atoms with Gasteiger partial charge >= 0.3 is 5.97 Å². The largest absolute Gasteiger partial charge is 0.480 e. The summed E-state index contributed by atoms with van der Waals surface area (Å²) in [4.78, 5) is 27.7. The van der Waals surface area contributed by atoms with Crippen LogP contribution in [0.25, 0.3) is 0 Å². The lowest BCUT2D eigenvalue weighted by Crippen LogP contribution is -2.44. The third-order valence-electron chi connectivity index (χ3n) is 2.34. The molecule has 0 saturated heterocycles. The monoisotopic (exact) mass is 256 g/mol. The molecule has 0 aliphatic rings. The number of aromatic nitrogens is 1. The molecule has 6 heteroatoms. The summed E-state index contributed by atoms with van der Waals surface area (Å²) < 4.78 is 0. The molecule has 17 heavy (non-hydrogen) atoms. The van der Waals surface area contributed by atoms with Gasteiger partial charge in [-0.2, -0.15) is 0 Å². The van der Waals surface area contributed by atoms with E-state index in [1.165, 1.54) is 11.3 Å². The fourth-order valence-electron chi connectivity index (χ4n) is 1.46. The van der Waals surface area contributed by atoms with Gasteiger partial charge in [-0.25, -0.2) is 9.78 Å². The van der Waals surface area contributed by atoms with Crippen LogP contribution in [0.2, 0.25) is 0 Å². The SMILES string of the molecule is Cc1nc(C(=O)NC(C(=O)O)C(C)C)c(C)s1. The number of nitrogens with one attached hydrogen (secondary N) is 1. The Hall–Kier alpha value is -1.43. The highest BCUT2D eigenvalue weighted by atomic mass is 32.1. The average Bonchev–Trinajstić information content (AvgIpc) is 2.53. The lowest BCUT2D eigenvalue weighted by Gasteiger charge is -2.17. The highest BCUT2D eigenvalue weighted by Crippen LogP contribution is 2.16. The van der Waals surface area contributed by atoms with Crippen molar-refractivity contribution in [2.75, 3.05) is 0 Å². The second kappa shape index (κ2) is 5.27. The summed E-state index contributed by atoms with van der Waals surface area (Å²) in [7, 11) is 0. The van der Waals surface area contributed by atoms with Crippen LogP contribution in [0.15, 0.2) is 0 Å². The Balaban J connectivity index is 2.85. The number of hydrogen-bond acceptors (Lipinski definition) is 4. The van der Waals surface area contributed by atoms with Crippen molar-refractivity contribution in [3.8, 4) is 0 Å². The number of carboxylic acids is 1. The summed E-state index contributed by atoms with van der Waals surface area (Å²) in [6.45, 7) is 7.10. The Labute approximate surface area is 104 Å². The van der Waals surface area contributed by atoms with E-state index in [1.807, 2.05) is 6.92 Å². The van der Waals surface area contributed by atoms with Crippen molar-refractivity contribution >= 4 is 23.2 Å². The van der Waals surface area contributed by atoms with E-state index in [4.69, 9.17) is 5.11 Å². The summed E-state index contributed by atoms with van der Waals surface area (Å²) in [6.07, 6.45) is 0. The molecular weight excluding hydrogens is 240 g/mol. The molecule has 0 bridgehead atoms. The molecule has 0 aliphatic carbocycles. The zero-order valence-electron chi connectivity index (χ0n) is 10.3. The summed E-state index contributed by atoms with van der Waals surface area (Å²) in [5.41, 5.74) is 0.319. The topological polar surface area (TPSA) is 79.3 Å². The summed E-state index contributed by atoms with van der Waals surface area (Å²) in [5, 5.41) is 12.3. The van der Waals surface area contributed by atoms with E-state index in [0.717, 1.165) is 9.88 Å². The van der Waals surface area contributed by atoms with E-state index >= 15 is 0 Å². The molecular formula is C11H16N2O3S. The van der Waals surface area contributed by atoms with Crippen molar-refractivity contribution in [3.05, 3.63) is 15.6 Å². The molecule has 0 aliphatic heterocycles. The smallest absolute Gasteiger partial charge is 0.326 e. The molecule has 1 atom stereocenters. The van der Waals surface area contributed by atoms with Crippen LogP contribution in [0, 0.1) is 19.8 Å². The van der Waals surface area contributed by atoms with Crippen LogP contribution in [-0.4, -0.2) is 28.0 Å².